The highest BCUT2D eigenvalue weighted by atomic mass is 35.5. The maximum absolute atomic E-state index is 12.2. The second kappa shape index (κ2) is 10.1. The number of amides is 1. The van der Waals surface area contributed by atoms with Crippen LogP contribution in [0.15, 0.2) is 60.7 Å². The van der Waals surface area contributed by atoms with Gasteiger partial charge in [-0.2, -0.15) is 0 Å². The number of thiophene rings is 1. The summed E-state index contributed by atoms with van der Waals surface area (Å²) >= 11 is 7.10. The molecule has 5 nitrogen and oxygen atoms in total. The van der Waals surface area contributed by atoms with E-state index in [0.29, 0.717) is 26.4 Å². The lowest BCUT2D eigenvalue weighted by atomic mass is 10.1. The van der Waals surface area contributed by atoms with Gasteiger partial charge in [-0.3, -0.25) is 9.59 Å². The van der Waals surface area contributed by atoms with Crippen LogP contribution in [0.1, 0.15) is 20.8 Å². The normalized spacial score (nSPS) is 10.8. The number of rotatable bonds is 8. The van der Waals surface area contributed by atoms with Gasteiger partial charge < -0.3 is 14.8 Å². The summed E-state index contributed by atoms with van der Waals surface area (Å²) in [4.78, 5) is 24.9. The quantitative estimate of drug-likeness (QED) is 0.363. The average molecular weight is 442 g/mol. The van der Waals surface area contributed by atoms with Crippen molar-refractivity contribution in [3.05, 3.63) is 81.0 Å². The highest BCUT2D eigenvalue weighted by Gasteiger charge is 2.09. The van der Waals surface area contributed by atoms with Crippen molar-refractivity contribution in [1.29, 1.82) is 0 Å². The minimum absolute atomic E-state index is 0.126. The van der Waals surface area contributed by atoms with Crippen LogP contribution in [-0.4, -0.2) is 25.4 Å². The molecule has 0 radical (unpaired) electrons. The van der Waals surface area contributed by atoms with E-state index in [1.54, 1.807) is 36.4 Å². The molecule has 0 unspecified atom stereocenters. The second-order valence-electron chi connectivity index (χ2n) is 6.41. The summed E-state index contributed by atoms with van der Waals surface area (Å²) in [7, 11) is 1.51. The van der Waals surface area contributed by atoms with Crippen LogP contribution in [0.25, 0.3) is 6.08 Å². The Hall–Kier alpha value is -3.09. The standard InChI is InChI=1S/C23H20ClNO4S/c1-15-3-7-17(8-4-15)25-23(27)14-29-19-10-6-16(13-20(19)28-2)5-9-18(26)21-11-12-22(24)30-21/h3-13H,14H2,1-2H3,(H,25,27)/b9-5+. The first-order valence-corrected chi connectivity index (χ1v) is 10.3. The van der Waals surface area contributed by atoms with Gasteiger partial charge in [0.2, 0.25) is 0 Å². The monoisotopic (exact) mass is 441 g/mol. The Balaban J connectivity index is 1.60. The number of anilines is 1. The summed E-state index contributed by atoms with van der Waals surface area (Å²) in [6.45, 7) is 1.82. The van der Waals surface area contributed by atoms with Gasteiger partial charge >= 0.3 is 0 Å². The lowest BCUT2D eigenvalue weighted by Gasteiger charge is -2.11. The van der Waals surface area contributed by atoms with Gasteiger partial charge in [0.25, 0.3) is 5.91 Å². The van der Waals surface area contributed by atoms with Crippen molar-refractivity contribution < 1.29 is 19.1 Å². The number of hydrogen-bond donors (Lipinski definition) is 1. The third-order valence-electron chi connectivity index (χ3n) is 4.12. The van der Waals surface area contributed by atoms with E-state index >= 15 is 0 Å². The summed E-state index contributed by atoms with van der Waals surface area (Å²) in [5.74, 6) is 0.501. The Morgan fingerprint density at radius 1 is 1.07 bits per heavy atom. The number of nitrogens with one attached hydrogen (secondary N) is 1. The number of hydrogen-bond acceptors (Lipinski definition) is 5. The highest BCUT2D eigenvalue weighted by molar-refractivity contribution is 7.18. The molecule has 0 fully saturated rings. The van der Waals surface area contributed by atoms with Crippen LogP contribution in [0.4, 0.5) is 5.69 Å². The molecule has 0 aliphatic carbocycles. The van der Waals surface area contributed by atoms with Gasteiger partial charge in [0.05, 0.1) is 16.3 Å². The molecule has 1 N–H and O–H groups in total. The van der Waals surface area contributed by atoms with E-state index in [9.17, 15) is 9.59 Å². The van der Waals surface area contributed by atoms with Crippen molar-refractivity contribution in [3.63, 3.8) is 0 Å². The lowest BCUT2D eigenvalue weighted by molar-refractivity contribution is -0.118. The number of carbonyl (C=O) groups is 2. The molecular formula is C23H20ClNO4S. The number of benzene rings is 2. The van der Waals surface area contributed by atoms with E-state index in [0.717, 1.165) is 11.1 Å². The fraction of sp³-hybridized carbons (Fsp3) is 0.130. The molecule has 0 aliphatic rings. The minimum atomic E-state index is -0.273. The van der Waals surface area contributed by atoms with E-state index in [-0.39, 0.29) is 18.3 Å². The Morgan fingerprint density at radius 3 is 2.50 bits per heavy atom. The van der Waals surface area contributed by atoms with Crippen LogP contribution in [0, 0.1) is 6.92 Å². The van der Waals surface area contributed by atoms with E-state index < -0.39 is 0 Å². The number of allylic oxidation sites excluding steroid dienone is 1. The Labute approximate surface area is 183 Å². The van der Waals surface area contributed by atoms with E-state index in [4.69, 9.17) is 21.1 Å². The Bertz CT molecular complexity index is 1070. The summed E-state index contributed by atoms with van der Waals surface area (Å²) in [5, 5.41) is 2.78. The van der Waals surface area contributed by atoms with Crippen LogP contribution in [0.3, 0.4) is 0 Å². The van der Waals surface area contributed by atoms with Gasteiger partial charge in [-0.05, 0) is 55.0 Å². The van der Waals surface area contributed by atoms with Crippen LogP contribution >= 0.6 is 22.9 Å². The third-order valence-corrected chi connectivity index (χ3v) is 5.37. The topological polar surface area (TPSA) is 64.6 Å². The average Bonchev–Trinajstić information content (AvgIpc) is 3.18. The van der Waals surface area contributed by atoms with Crippen LogP contribution in [0.2, 0.25) is 4.34 Å². The van der Waals surface area contributed by atoms with Crippen molar-refractivity contribution in [1.82, 2.24) is 0 Å². The molecule has 3 rings (SSSR count). The number of ketones is 1. The molecule has 0 bridgehead atoms. The molecule has 154 valence electrons. The van der Waals surface area contributed by atoms with Crippen molar-refractivity contribution in [2.75, 3.05) is 19.0 Å². The van der Waals surface area contributed by atoms with Gasteiger partial charge in [-0.1, -0.05) is 41.4 Å². The van der Waals surface area contributed by atoms with E-state index in [2.05, 4.69) is 5.32 Å². The zero-order valence-electron chi connectivity index (χ0n) is 16.5. The first-order chi connectivity index (χ1) is 14.4. The van der Waals surface area contributed by atoms with E-state index in [1.807, 2.05) is 31.2 Å². The number of aryl methyl sites for hydroxylation is 1. The fourth-order valence-corrected chi connectivity index (χ4v) is 3.55. The fourth-order valence-electron chi connectivity index (χ4n) is 2.59. The zero-order chi connectivity index (χ0) is 21.5. The number of halogens is 1. The Kier molecular flexibility index (Phi) is 7.27. The maximum Gasteiger partial charge on any atom is 0.262 e. The smallest absolute Gasteiger partial charge is 0.262 e. The third kappa shape index (κ3) is 5.95. The highest BCUT2D eigenvalue weighted by Crippen LogP contribution is 2.29. The predicted octanol–water partition coefficient (Wildman–Crippen LogP) is 5.63. The molecule has 0 aliphatic heterocycles. The molecule has 0 atom stereocenters. The molecule has 3 aromatic rings. The van der Waals surface area contributed by atoms with Crippen LogP contribution in [-0.2, 0) is 4.79 Å². The second-order valence-corrected chi connectivity index (χ2v) is 8.13. The molecule has 1 heterocycles. The van der Waals surface area contributed by atoms with Gasteiger partial charge in [0.1, 0.15) is 0 Å². The van der Waals surface area contributed by atoms with Gasteiger partial charge in [0, 0.05) is 5.69 Å². The molecule has 0 saturated carbocycles. The zero-order valence-corrected chi connectivity index (χ0v) is 18.0. The molecular weight excluding hydrogens is 422 g/mol. The summed E-state index contributed by atoms with van der Waals surface area (Å²) < 4.78 is 11.5. The summed E-state index contributed by atoms with van der Waals surface area (Å²) in [5.41, 5.74) is 2.58. The van der Waals surface area contributed by atoms with Crippen molar-refractivity contribution in [2.24, 2.45) is 0 Å². The number of ether oxygens (including phenoxy) is 2. The minimum Gasteiger partial charge on any atom is -0.493 e. The molecule has 7 heteroatoms. The van der Waals surface area contributed by atoms with Crippen molar-refractivity contribution in [3.8, 4) is 11.5 Å². The summed E-state index contributed by atoms with van der Waals surface area (Å²) in [6, 6.07) is 16.1. The number of carbonyl (C=O) groups excluding carboxylic acids is 2. The number of methoxy groups -OCH3 is 1. The maximum atomic E-state index is 12.2. The molecule has 1 aromatic heterocycles. The molecule has 2 aromatic carbocycles. The van der Waals surface area contributed by atoms with Crippen LogP contribution < -0.4 is 14.8 Å². The summed E-state index contributed by atoms with van der Waals surface area (Å²) in [6.07, 6.45) is 3.17. The first kappa shape index (κ1) is 21.6. The predicted molar refractivity (Wildman–Crippen MR) is 121 cm³/mol. The largest absolute Gasteiger partial charge is 0.493 e. The lowest BCUT2D eigenvalue weighted by Crippen LogP contribution is -2.20. The molecule has 0 saturated heterocycles. The van der Waals surface area contributed by atoms with E-state index in [1.165, 1.54) is 24.5 Å². The van der Waals surface area contributed by atoms with Gasteiger partial charge in [-0.15, -0.1) is 11.3 Å². The van der Waals surface area contributed by atoms with Crippen molar-refractivity contribution in [2.45, 2.75) is 6.92 Å². The molecule has 30 heavy (non-hydrogen) atoms. The van der Waals surface area contributed by atoms with Gasteiger partial charge in [-0.25, -0.2) is 0 Å². The Morgan fingerprint density at radius 2 is 1.83 bits per heavy atom. The molecule has 1 amide bonds. The molecule has 0 spiro atoms. The SMILES string of the molecule is COc1cc(/C=C/C(=O)c2ccc(Cl)s2)ccc1OCC(=O)Nc1ccc(C)cc1. The van der Waals surface area contributed by atoms with Crippen molar-refractivity contribution >= 4 is 46.4 Å². The first-order valence-electron chi connectivity index (χ1n) is 9.09. The van der Waals surface area contributed by atoms with Crippen LogP contribution in [0.5, 0.6) is 11.5 Å². The van der Waals surface area contributed by atoms with Gasteiger partial charge in [0.15, 0.2) is 23.9 Å².